The lowest BCUT2D eigenvalue weighted by atomic mass is 10.3. The number of ether oxygens (including phenoxy) is 1. The van der Waals surface area contributed by atoms with E-state index in [0.29, 0.717) is 0 Å². The van der Waals surface area contributed by atoms with Gasteiger partial charge in [-0.1, -0.05) is 17.8 Å². The fourth-order valence-electron chi connectivity index (χ4n) is 1.53. The van der Waals surface area contributed by atoms with Crippen molar-refractivity contribution in [2.24, 2.45) is 0 Å². The molecule has 2 aromatic heterocycles. The molecule has 0 atom stereocenters. The lowest BCUT2D eigenvalue weighted by Gasteiger charge is -2.05. The van der Waals surface area contributed by atoms with Crippen molar-refractivity contribution in [3.63, 3.8) is 0 Å². The molecule has 0 aliphatic heterocycles. The van der Waals surface area contributed by atoms with Crippen molar-refractivity contribution < 1.29 is 4.74 Å². The van der Waals surface area contributed by atoms with Gasteiger partial charge in [0.05, 0.1) is 6.61 Å². The minimum atomic E-state index is 0.763. The van der Waals surface area contributed by atoms with Gasteiger partial charge in [-0.25, -0.2) is 0 Å². The molecule has 0 aliphatic carbocycles. The van der Waals surface area contributed by atoms with E-state index >= 15 is 0 Å². The minimum Gasteiger partial charge on any atom is -0.381 e. The zero-order valence-electron chi connectivity index (χ0n) is 10.4. The Hall–Kier alpha value is -0.850. The van der Waals surface area contributed by atoms with Gasteiger partial charge in [0.1, 0.15) is 6.33 Å². The van der Waals surface area contributed by atoms with Crippen LogP contribution < -0.4 is 0 Å². The van der Waals surface area contributed by atoms with E-state index in [4.69, 9.17) is 4.74 Å². The van der Waals surface area contributed by atoms with Gasteiger partial charge in [-0.15, -0.1) is 21.5 Å². The van der Waals surface area contributed by atoms with Crippen LogP contribution in [0.25, 0.3) is 0 Å². The van der Waals surface area contributed by atoms with Crippen molar-refractivity contribution in [2.45, 2.75) is 25.0 Å². The summed E-state index contributed by atoms with van der Waals surface area (Å²) in [7, 11) is 0. The monoisotopic (exact) mass is 283 g/mol. The Labute approximate surface area is 115 Å². The molecule has 0 saturated heterocycles. The molecule has 98 valence electrons. The van der Waals surface area contributed by atoms with Crippen LogP contribution in [-0.4, -0.2) is 33.7 Å². The van der Waals surface area contributed by atoms with E-state index in [0.717, 1.165) is 37.1 Å². The number of aryl methyl sites for hydroxylation is 2. The first kappa shape index (κ1) is 13.6. The van der Waals surface area contributed by atoms with Crippen LogP contribution in [0.15, 0.2) is 29.0 Å². The molecule has 6 heteroatoms. The molecule has 0 amide bonds. The van der Waals surface area contributed by atoms with E-state index in [1.54, 1.807) is 29.4 Å². The average molecular weight is 283 g/mol. The Kier molecular flexibility index (Phi) is 5.70. The molecule has 0 saturated carbocycles. The molecule has 0 radical (unpaired) electrons. The highest BCUT2D eigenvalue weighted by Crippen LogP contribution is 2.16. The summed E-state index contributed by atoms with van der Waals surface area (Å²) >= 11 is 3.49. The third-order valence-corrected chi connectivity index (χ3v) is 4.30. The highest BCUT2D eigenvalue weighted by atomic mass is 32.2. The van der Waals surface area contributed by atoms with Crippen molar-refractivity contribution in [1.29, 1.82) is 0 Å². The van der Waals surface area contributed by atoms with Crippen LogP contribution in [0.5, 0.6) is 0 Å². The molecular formula is C12H17N3OS2. The number of nitrogens with zero attached hydrogens (tertiary/aromatic N) is 3. The second-order valence-corrected chi connectivity index (χ2v) is 5.78. The van der Waals surface area contributed by atoms with Crippen molar-refractivity contribution in [2.75, 3.05) is 19.0 Å². The molecule has 0 unspecified atom stereocenters. The van der Waals surface area contributed by atoms with Gasteiger partial charge in [-0.2, -0.15) is 0 Å². The van der Waals surface area contributed by atoms with Gasteiger partial charge < -0.3 is 9.30 Å². The van der Waals surface area contributed by atoms with Crippen LogP contribution in [-0.2, 0) is 17.7 Å². The van der Waals surface area contributed by atoms with Gasteiger partial charge in [-0.05, 0) is 24.8 Å². The minimum absolute atomic E-state index is 0.763. The zero-order chi connectivity index (χ0) is 12.6. The maximum Gasteiger partial charge on any atom is 0.191 e. The number of thioether (sulfide) groups is 1. The van der Waals surface area contributed by atoms with Crippen molar-refractivity contribution in [3.05, 3.63) is 28.7 Å². The number of aromatic nitrogens is 3. The Morgan fingerprint density at radius 1 is 1.50 bits per heavy atom. The third kappa shape index (κ3) is 4.12. The van der Waals surface area contributed by atoms with Gasteiger partial charge in [0, 0.05) is 23.8 Å². The highest BCUT2D eigenvalue weighted by Gasteiger charge is 2.05. The fourth-order valence-corrected chi connectivity index (χ4v) is 3.02. The van der Waals surface area contributed by atoms with Crippen LogP contribution in [0.3, 0.4) is 0 Å². The van der Waals surface area contributed by atoms with Crippen LogP contribution in [0, 0.1) is 0 Å². The summed E-state index contributed by atoms with van der Waals surface area (Å²) in [5.74, 6) is 0.922. The number of rotatable bonds is 8. The van der Waals surface area contributed by atoms with Crippen molar-refractivity contribution >= 4 is 23.1 Å². The average Bonchev–Trinajstić information content (AvgIpc) is 3.03. The summed E-state index contributed by atoms with van der Waals surface area (Å²) in [6.45, 7) is 4.48. The Bertz CT molecular complexity index is 442. The van der Waals surface area contributed by atoms with Crippen LogP contribution in [0.2, 0.25) is 0 Å². The summed E-state index contributed by atoms with van der Waals surface area (Å²) < 4.78 is 7.42. The highest BCUT2D eigenvalue weighted by molar-refractivity contribution is 7.99. The third-order valence-electron chi connectivity index (χ3n) is 2.42. The van der Waals surface area contributed by atoms with Crippen molar-refractivity contribution in [3.8, 4) is 0 Å². The molecule has 0 N–H and O–H groups in total. The summed E-state index contributed by atoms with van der Waals surface area (Å²) in [5, 5.41) is 11.2. The lowest BCUT2D eigenvalue weighted by Crippen LogP contribution is -2.03. The Morgan fingerprint density at radius 2 is 2.44 bits per heavy atom. The predicted molar refractivity (Wildman–Crippen MR) is 75.3 cm³/mol. The fraction of sp³-hybridized carbons (Fsp3) is 0.500. The van der Waals surface area contributed by atoms with Crippen LogP contribution in [0.4, 0.5) is 0 Å². The maximum absolute atomic E-state index is 5.31. The summed E-state index contributed by atoms with van der Waals surface area (Å²) in [6.07, 6.45) is 2.84. The molecule has 0 spiro atoms. The molecule has 0 bridgehead atoms. The first-order valence-electron chi connectivity index (χ1n) is 6.01. The quantitative estimate of drug-likeness (QED) is 0.551. The van der Waals surface area contributed by atoms with Gasteiger partial charge in [0.15, 0.2) is 5.16 Å². The molecule has 4 nitrogen and oxygen atoms in total. The SMILES string of the molecule is CCOCCSc1nncn1CCc1cccs1. The molecule has 0 fully saturated rings. The number of hydrogen-bond acceptors (Lipinski definition) is 5. The molecule has 2 heterocycles. The predicted octanol–water partition coefficient (Wildman–Crippen LogP) is 2.71. The normalized spacial score (nSPS) is 10.9. The van der Waals surface area contributed by atoms with E-state index in [1.807, 2.05) is 6.92 Å². The molecule has 2 rings (SSSR count). The van der Waals surface area contributed by atoms with Gasteiger partial charge in [0.2, 0.25) is 0 Å². The van der Waals surface area contributed by atoms with E-state index < -0.39 is 0 Å². The van der Waals surface area contributed by atoms with Gasteiger partial charge >= 0.3 is 0 Å². The van der Waals surface area contributed by atoms with Gasteiger partial charge in [0.25, 0.3) is 0 Å². The summed E-state index contributed by atoms with van der Waals surface area (Å²) in [5.41, 5.74) is 0. The van der Waals surface area contributed by atoms with E-state index in [1.165, 1.54) is 4.88 Å². The van der Waals surface area contributed by atoms with Crippen LogP contribution >= 0.6 is 23.1 Å². The standard InChI is InChI=1S/C12H17N3OS2/c1-2-16-7-9-18-12-14-13-10-15(12)6-5-11-4-3-8-17-11/h3-4,8,10H,2,5-7,9H2,1H3. The second kappa shape index (κ2) is 7.56. The number of thiophene rings is 1. The first-order valence-corrected chi connectivity index (χ1v) is 7.87. The Morgan fingerprint density at radius 3 is 3.22 bits per heavy atom. The summed E-state index contributed by atoms with van der Waals surface area (Å²) in [4.78, 5) is 1.40. The first-order chi connectivity index (χ1) is 8.90. The van der Waals surface area contributed by atoms with E-state index in [-0.39, 0.29) is 0 Å². The topological polar surface area (TPSA) is 39.9 Å². The Balaban J connectivity index is 1.79. The summed E-state index contributed by atoms with van der Waals surface area (Å²) in [6, 6.07) is 4.25. The van der Waals surface area contributed by atoms with Gasteiger partial charge in [-0.3, -0.25) is 0 Å². The molecular weight excluding hydrogens is 266 g/mol. The molecule has 0 aliphatic rings. The molecule has 0 aromatic carbocycles. The molecule has 2 aromatic rings. The largest absolute Gasteiger partial charge is 0.381 e. The molecule has 18 heavy (non-hydrogen) atoms. The van der Waals surface area contributed by atoms with E-state index in [2.05, 4.69) is 32.3 Å². The van der Waals surface area contributed by atoms with E-state index in [9.17, 15) is 0 Å². The zero-order valence-corrected chi connectivity index (χ0v) is 12.0. The smallest absolute Gasteiger partial charge is 0.191 e. The maximum atomic E-state index is 5.31. The van der Waals surface area contributed by atoms with Crippen molar-refractivity contribution in [1.82, 2.24) is 14.8 Å². The van der Waals surface area contributed by atoms with Crippen LogP contribution in [0.1, 0.15) is 11.8 Å². The number of hydrogen-bond donors (Lipinski definition) is 0. The second-order valence-electron chi connectivity index (χ2n) is 3.68. The lowest BCUT2D eigenvalue weighted by molar-refractivity contribution is 0.164.